The number of fused-ring (bicyclic) bond motifs is 3. The zero-order valence-corrected chi connectivity index (χ0v) is 18.4. The number of ether oxygens (including phenoxy) is 1. The molecule has 2 aliphatic heterocycles. The van der Waals surface area contributed by atoms with Crippen molar-refractivity contribution in [1.29, 1.82) is 0 Å². The smallest absolute Gasteiger partial charge is 0.331 e. The van der Waals surface area contributed by atoms with E-state index >= 15 is 0 Å². The fourth-order valence-corrected chi connectivity index (χ4v) is 4.52. The van der Waals surface area contributed by atoms with E-state index in [4.69, 9.17) is 20.8 Å². The monoisotopic (exact) mass is 438 g/mol. The molecule has 2 aliphatic rings. The van der Waals surface area contributed by atoms with Gasteiger partial charge in [-0.05, 0) is 49.7 Å². The highest BCUT2D eigenvalue weighted by Gasteiger charge is 2.47. The second-order valence-corrected chi connectivity index (χ2v) is 8.34. The molecule has 8 heteroatoms. The second kappa shape index (κ2) is 6.85. The molecule has 0 spiro atoms. The molecule has 0 aliphatic carbocycles. The molecule has 4 heterocycles. The maximum Gasteiger partial charge on any atom is 0.331 e. The number of hydrogen-bond donors (Lipinski definition) is 0. The van der Waals surface area contributed by atoms with Gasteiger partial charge in [0.15, 0.2) is 23.6 Å². The van der Waals surface area contributed by atoms with E-state index in [0.29, 0.717) is 35.0 Å². The van der Waals surface area contributed by atoms with Crippen LogP contribution in [0, 0.1) is 6.92 Å². The molecule has 3 aromatic rings. The van der Waals surface area contributed by atoms with Gasteiger partial charge in [0, 0.05) is 19.7 Å². The van der Waals surface area contributed by atoms with Gasteiger partial charge in [-0.25, -0.2) is 4.79 Å². The van der Waals surface area contributed by atoms with E-state index in [2.05, 4.69) is 4.58 Å². The van der Waals surface area contributed by atoms with Crippen molar-refractivity contribution < 1.29 is 13.7 Å². The topological polar surface area (TPSA) is 69.4 Å². The van der Waals surface area contributed by atoms with Gasteiger partial charge in [0.05, 0.1) is 0 Å². The fourth-order valence-electron chi connectivity index (χ4n) is 4.38. The van der Waals surface area contributed by atoms with Gasteiger partial charge >= 0.3 is 5.69 Å². The summed E-state index contributed by atoms with van der Waals surface area (Å²) in [5.41, 5.74) is 3.60. The van der Waals surface area contributed by atoms with Crippen molar-refractivity contribution >= 4 is 28.8 Å². The van der Waals surface area contributed by atoms with Gasteiger partial charge in [-0.1, -0.05) is 17.7 Å². The molecule has 158 valence electrons. The molecule has 0 fully saturated rings. The van der Waals surface area contributed by atoms with Gasteiger partial charge in [-0.2, -0.15) is 4.58 Å². The first-order valence-electron chi connectivity index (χ1n) is 9.97. The third-order valence-electron chi connectivity index (χ3n) is 5.73. The molecule has 1 aromatic carbocycles. The summed E-state index contributed by atoms with van der Waals surface area (Å²) in [6.45, 7) is 4.48. The average molecular weight is 439 g/mol. The van der Waals surface area contributed by atoms with E-state index in [1.807, 2.05) is 38.1 Å². The summed E-state index contributed by atoms with van der Waals surface area (Å²) >= 11 is 6.03. The van der Waals surface area contributed by atoms with Crippen LogP contribution in [0.15, 0.2) is 50.4 Å². The van der Waals surface area contributed by atoms with Gasteiger partial charge in [-0.3, -0.25) is 13.9 Å². The Morgan fingerprint density at radius 3 is 2.58 bits per heavy atom. The van der Waals surface area contributed by atoms with Crippen molar-refractivity contribution in [3.05, 3.63) is 90.6 Å². The lowest BCUT2D eigenvalue weighted by atomic mass is 10.0. The van der Waals surface area contributed by atoms with Crippen LogP contribution in [0.4, 0.5) is 0 Å². The summed E-state index contributed by atoms with van der Waals surface area (Å²) in [5.74, 6) is 0.902. The van der Waals surface area contributed by atoms with Crippen LogP contribution < -0.4 is 11.2 Å². The van der Waals surface area contributed by atoms with E-state index in [0.717, 1.165) is 21.4 Å². The molecular weight excluding hydrogens is 418 g/mol. The Balaban J connectivity index is 1.98. The second-order valence-electron chi connectivity index (χ2n) is 7.97. The number of furan rings is 1. The third-order valence-corrected chi connectivity index (χ3v) is 5.93. The Hall–Kier alpha value is -3.32. The van der Waals surface area contributed by atoms with E-state index < -0.39 is 5.69 Å². The number of halogens is 1. The maximum atomic E-state index is 13.4. The van der Waals surface area contributed by atoms with Crippen LogP contribution in [0.3, 0.4) is 0 Å². The molecule has 0 N–H and O–H groups in total. The lowest BCUT2D eigenvalue weighted by Crippen LogP contribution is -2.41. The lowest BCUT2D eigenvalue weighted by molar-refractivity contribution is -0.446. The molecule has 0 saturated heterocycles. The minimum atomic E-state index is -0.405. The van der Waals surface area contributed by atoms with Gasteiger partial charge in [-0.15, -0.1) is 0 Å². The summed E-state index contributed by atoms with van der Waals surface area (Å²) < 4.78 is 16.5. The Morgan fingerprint density at radius 2 is 1.90 bits per heavy atom. The van der Waals surface area contributed by atoms with E-state index in [1.165, 1.54) is 11.6 Å². The average Bonchev–Trinajstić information content (AvgIpc) is 3.31. The number of aryl methyl sites for hydroxylation is 1. The first-order chi connectivity index (χ1) is 14.8. The molecule has 0 radical (unpaired) electrons. The van der Waals surface area contributed by atoms with Crippen molar-refractivity contribution in [3.63, 3.8) is 0 Å². The van der Waals surface area contributed by atoms with Crippen molar-refractivity contribution in [2.24, 2.45) is 14.1 Å². The molecular formula is C23H21ClN3O4+. The van der Waals surface area contributed by atoms with Gasteiger partial charge in [0.25, 0.3) is 11.3 Å². The minimum absolute atomic E-state index is 0.183. The summed E-state index contributed by atoms with van der Waals surface area (Å²) in [5, 5.41) is 0.232. The SMILES string of the molecule is Cc1cccc(C2=[N+]3CC(C)OC(c4ccc(Cl)o4)=C3c3c2c(=O)n(C)c(=O)n3C)c1. The van der Waals surface area contributed by atoms with Gasteiger partial charge in [0.2, 0.25) is 11.5 Å². The molecule has 0 amide bonds. The highest BCUT2D eigenvalue weighted by atomic mass is 35.5. The number of hydrogen-bond acceptors (Lipinski definition) is 4. The summed E-state index contributed by atoms with van der Waals surface area (Å²) in [6.07, 6.45) is -0.183. The largest absolute Gasteiger partial charge is 0.475 e. The Morgan fingerprint density at radius 1 is 1.13 bits per heavy atom. The predicted molar refractivity (Wildman–Crippen MR) is 118 cm³/mol. The first kappa shape index (κ1) is 19.6. The Bertz CT molecular complexity index is 1440. The molecule has 31 heavy (non-hydrogen) atoms. The molecule has 2 aromatic heterocycles. The first-order valence-corrected chi connectivity index (χ1v) is 10.3. The molecule has 0 bridgehead atoms. The highest BCUT2D eigenvalue weighted by molar-refractivity contribution is 6.29. The summed E-state index contributed by atoms with van der Waals surface area (Å²) in [6, 6.07) is 11.3. The number of nitrogens with zero attached hydrogens (tertiary/aromatic N) is 3. The van der Waals surface area contributed by atoms with E-state index in [9.17, 15) is 9.59 Å². The number of benzene rings is 1. The molecule has 1 atom stereocenters. The number of aromatic nitrogens is 2. The standard InChI is InChI=1S/C23H21ClN3O4/c1-12-6-5-7-14(10-12)18-17-19(25(3)23(29)26(4)22(17)28)20-21(15-8-9-16(24)31-15)30-13(2)11-27(18)20/h5-10,13H,11H2,1-4H3/q+1. The third kappa shape index (κ3) is 2.84. The van der Waals surface area contributed by atoms with Crippen LogP contribution in [-0.2, 0) is 18.8 Å². The predicted octanol–water partition coefficient (Wildman–Crippen LogP) is 2.75. The molecule has 7 nitrogen and oxygen atoms in total. The van der Waals surface area contributed by atoms with Crippen LogP contribution in [0.2, 0.25) is 5.22 Å². The fraction of sp³-hybridized carbons (Fsp3) is 0.261. The van der Waals surface area contributed by atoms with Crippen molar-refractivity contribution in [2.45, 2.75) is 20.0 Å². The van der Waals surface area contributed by atoms with Crippen LogP contribution in [0.5, 0.6) is 0 Å². The molecule has 5 rings (SSSR count). The quantitative estimate of drug-likeness (QED) is 0.577. The summed E-state index contributed by atoms with van der Waals surface area (Å²) in [7, 11) is 3.16. The van der Waals surface area contributed by atoms with Gasteiger partial charge < -0.3 is 9.15 Å². The minimum Gasteiger partial charge on any atom is -0.475 e. The zero-order chi connectivity index (χ0) is 22.0. The van der Waals surface area contributed by atoms with Crippen molar-refractivity contribution in [3.8, 4) is 0 Å². The van der Waals surface area contributed by atoms with E-state index in [-0.39, 0.29) is 16.9 Å². The summed E-state index contributed by atoms with van der Waals surface area (Å²) in [4.78, 5) is 26.2. The normalized spacial score (nSPS) is 17.6. The Labute approximate surface area is 183 Å². The molecule has 0 saturated carbocycles. The maximum absolute atomic E-state index is 13.4. The zero-order valence-electron chi connectivity index (χ0n) is 17.6. The van der Waals surface area contributed by atoms with E-state index in [1.54, 1.807) is 19.2 Å². The lowest BCUT2D eigenvalue weighted by Gasteiger charge is -2.21. The van der Waals surface area contributed by atoms with Crippen molar-refractivity contribution in [2.75, 3.05) is 6.54 Å². The highest BCUT2D eigenvalue weighted by Crippen LogP contribution is 2.39. The van der Waals surface area contributed by atoms with Crippen molar-refractivity contribution in [1.82, 2.24) is 9.13 Å². The van der Waals surface area contributed by atoms with Crippen LogP contribution in [0.1, 0.15) is 35.1 Å². The van der Waals surface area contributed by atoms with Gasteiger partial charge in [0.1, 0.15) is 11.3 Å². The molecule has 1 unspecified atom stereocenters. The van der Waals surface area contributed by atoms with Crippen LogP contribution >= 0.6 is 11.6 Å². The van der Waals surface area contributed by atoms with Crippen LogP contribution in [-0.4, -0.2) is 32.1 Å². The number of rotatable bonds is 2. The Kier molecular flexibility index (Phi) is 4.34. The van der Waals surface area contributed by atoms with Crippen LogP contribution in [0.25, 0.3) is 11.5 Å².